The Kier molecular flexibility index (Phi) is 8.01. The number of pyridine rings is 1. The van der Waals surface area contributed by atoms with Crippen molar-refractivity contribution < 1.29 is 4.74 Å². The van der Waals surface area contributed by atoms with Gasteiger partial charge in [0.2, 0.25) is 0 Å². The maximum absolute atomic E-state index is 5.89. The molecule has 0 aliphatic heterocycles. The van der Waals surface area contributed by atoms with Crippen molar-refractivity contribution in [2.75, 3.05) is 11.9 Å². The van der Waals surface area contributed by atoms with Gasteiger partial charge in [0.05, 0.1) is 17.6 Å². The zero-order valence-corrected chi connectivity index (χ0v) is 18.3. The predicted octanol–water partition coefficient (Wildman–Crippen LogP) is 5.16. The third-order valence-corrected chi connectivity index (χ3v) is 5.00. The number of nitrogens with one attached hydrogen (secondary N) is 1. The monoisotopic (exact) mass is 417 g/mol. The Morgan fingerprint density at radius 3 is 2.74 bits per heavy atom. The number of unbranched alkanes of at least 4 members (excludes halogenated alkanes) is 1. The van der Waals surface area contributed by atoms with E-state index in [0.29, 0.717) is 12.3 Å². The average molecular weight is 418 g/mol. The molecule has 0 atom stereocenters. The molecule has 2 aromatic heterocycles. The van der Waals surface area contributed by atoms with E-state index in [0.717, 1.165) is 54.1 Å². The molecule has 0 radical (unpaired) electrons. The number of aromatic nitrogens is 3. The smallest absolute Gasteiger partial charge is 0.126 e. The van der Waals surface area contributed by atoms with E-state index in [4.69, 9.17) is 10.5 Å². The molecule has 1 aromatic carbocycles. The Bertz CT molecular complexity index is 1020. The van der Waals surface area contributed by atoms with Crippen LogP contribution in [0.4, 0.5) is 5.82 Å². The van der Waals surface area contributed by atoms with Crippen molar-refractivity contribution in [2.24, 2.45) is 5.73 Å². The summed E-state index contributed by atoms with van der Waals surface area (Å²) in [4.78, 5) is 4.34. The van der Waals surface area contributed by atoms with Gasteiger partial charge < -0.3 is 15.8 Å². The quantitative estimate of drug-likeness (QED) is 0.333. The van der Waals surface area contributed by atoms with Gasteiger partial charge in [0, 0.05) is 36.6 Å². The highest BCUT2D eigenvalue weighted by atomic mass is 16.5. The van der Waals surface area contributed by atoms with Crippen molar-refractivity contribution in [1.29, 1.82) is 0 Å². The minimum Gasteiger partial charge on any atom is -0.465 e. The molecule has 31 heavy (non-hydrogen) atoms. The maximum Gasteiger partial charge on any atom is 0.126 e. The fourth-order valence-electron chi connectivity index (χ4n) is 3.09. The lowest BCUT2D eigenvalue weighted by Gasteiger charge is -2.08. The maximum atomic E-state index is 5.89. The summed E-state index contributed by atoms with van der Waals surface area (Å²) in [7, 11) is 0. The molecule has 3 N–H and O–H groups in total. The number of rotatable bonds is 11. The highest BCUT2D eigenvalue weighted by molar-refractivity contribution is 5.62. The molecular formula is C25H31N5O. The van der Waals surface area contributed by atoms with E-state index >= 15 is 0 Å². The van der Waals surface area contributed by atoms with Crippen molar-refractivity contribution in [1.82, 2.24) is 14.8 Å². The van der Waals surface area contributed by atoms with Gasteiger partial charge in [0.25, 0.3) is 0 Å². The standard InChI is InChI=1S/C25H31N5O/c1-4-6-13-27-25-16-21(11-14-28-25)19(3)31-15-12-22-18-30(29-24(22)17-26)23-9-7-20(5-2)8-10-23/h7-12,14-16,18H,3-6,13,17,26H2,1-2H3,(H,27,28)/b15-12+. The van der Waals surface area contributed by atoms with Crippen LogP contribution in [0.25, 0.3) is 17.5 Å². The summed E-state index contributed by atoms with van der Waals surface area (Å²) >= 11 is 0. The lowest BCUT2D eigenvalue weighted by atomic mass is 10.1. The molecule has 0 unspecified atom stereocenters. The number of aryl methyl sites for hydroxylation is 1. The van der Waals surface area contributed by atoms with Gasteiger partial charge in [-0.15, -0.1) is 0 Å². The molecular weight excluding hydrogens is 386 g/mol. The third-order valence-electron chi connectivity index (χ3n) is 5.00. The molecule has 2 heterocycles. The summed E-state index contributed by atoms with van der Waals surface area (Å²) in [6.07, 6.45) is 10.4. The van der Waals surface area contributed by atoms with E-state index in [-0.39, 0.29) is 0 Å². The average Bonchev–Trinajstić information content (AvgIpc) is 3.22. The molecule has 0 bridgehead atoms. The first-order valence-electron chi connectivity index (χ1n) is 10.7. The van der Waals surface area contributed by atoms with Crippen LogP contribution >= 0.6 is 0 Å². The van der Waals surface area contributed by atoms with Gasteiger partial charge in [-0.1, -0.05) is 39.0 Å². The van der Waals surface area contributed by atoms with E-state index in [2.05, 4.69) is 60.1 Å². The normalized spacial score (nSPS) is 11.1. The summed E-state index contributed by atoms with van der Waals surface area (Å²) in [6.45, 7) is 9.57. The second kappa shape index (κ2) is 11.1. The number of nitrogens with two attached hydrogens (primary N) is 1. The second-order valence-corrected chi connectivity index (χ2v) is 7.25. The van der Waals surface area contributed by atoms with Crippen LogP contribution in [-0.4, -0.2) is 21.3 Å². The van der Waals surface area contributed by atoms with E-state index in [1.165, 1.54) is 5.56 Å². The fourth-order valence-corrected chi connectivity index (χ4v) is 3.09. The minimum absolute atomic E-state index is 0.345. The Morgan fingerprint density at radius 1 is 1.23 bits per heavy atom. The number of nitrogens with zero attached hydrogens (tertiary/aromatic N) is 3. The Labute approximate surface area is 184 Å². The van der Waals surface area contributed by atoms with Crippen LogP contribution in [0.15, 0.2) is 61.6 Å². The van der Waals surface area contributed by atoms with Gasteiger partial charge in [-0.05, 0) is 48.7 Å². The van der Waals surface area contributed by atoms with Crippen LogP contribution < -0.4 is 11.1 Å². The Hall–Kier alpha value is -3.38. The summed E-state index contributed by atoms with van der Waals surface area (Å²) in [5, 5.41) is 7.92. The number of anilines is 1. The molecule has 0 aliphatic carbocycles. The van der Waals surface area contributed by atoms with Crippen LogP contribution in [0.2, 0.25) is 0 Å². The lowest BCUT2D eigenvalue weighted by molar-refractivity contribution is 0.442. The minimum atomic E-state index is 0.345. The SMILES string of the molecule is C=C(O/C=C/c1cn(-c2ccc(CC)cc2)nc1CN)c1ccnc(NCCCC)c1. The van der Waals surface area contributed by atoms with Gasteiger partial charge in [0.15, 0.2) is 0 Å². The van der Waals surface area contributed by atoms with E-state index in [1.54, 1.807) is 12.5 Å². The lowest BCUT2D eigenvalue weighted by Crippen LogP contribution is -2.03. The highest BCUT2D eigenvalue weighted by Crippen LogP contribution is 2.19. The molecule has 3 rings (SSSR count). The first-order valence-corrected chi connectivity index (χ1v) is 10.7. The van der Waals surface area contributed by atoms with Gasteiger partial charge in [0.1, 0.15) is 11.6 Å². The summed E-state index contributed by atoms with van der Waals surface area (Å²) in [6, 6.07) is 12.2. The van der Waals surface area contributed by atoms with Crippen LogP contribution in [0.5, 0.6) is 0 Å². The van der Waals surface area contributed by atoms with Crippen molar-refractivity contribution in [3.8, 4) is 5.69 Å². The van der Waals surface area contributed by atoms with Crippen LogP contribution in [-0.2, 0) is 17.7 Å². The molecule has 0 aliphatic rings. The van der Waals surface area contributed by atoms with Crippen molar-refractivity contribution in [3.05, 3.63) is 84.0 Å². The summed E-state index contributed by atoms with van der Waals surface area (Å²) in [5.41, 5.74) is 10.8. The molecule has 0 saturated carbocycles. The van der Waals surface area contributed by atoms with Gasteiger partial charge >= 0.3 is 0 Å². The summed E-state index contributed by atoms with van der Waals surface area (Å²) < 4.78 is 7.59. The molecule has 162 valence electrons. The first kappa shape index (κ1) is 22.3. The van der Waals surface area contributed by atoms with Crippen LogP contribution in [0.3, 0.4) is 0 Å². The topological polar surface area (TPSA) is 78.0 Å². The molecule has 0 saturated heterocycles. The number of hydrogen-bond acceptors (Lipinski definition) is 5. The molecule has 3 aromatic rings. The molecule has 0 spiro atoms. The van der Waals surface area contributed by atoms with E-state index < -0.39 is 0 Å². The predicted molar refractivity (Wildman–Crippen MR) is 128 cm³/mol. The fraction of sp³-hybridized carbons (Fsp3) is 0.280. The number of hydrogen-bond donors (Lipinski definition) is 2. The summed E-state index contributed by atoms with van der Waals surface area (Å²) in [5.74, 6) is 1.37. The van der Waals surface area contributed by atoms with Crippen LogP contribution in [0, 0.1) is 0 Å². The zero-order valence-electron chi connectivity index (χ0n) is 18.3. The number of ether oxygens (including phenoxy) is 1. The molecule has 6 heteroatoms. The Balaban J connectivity index is 1.67. The Morgan fingerprint density at radius 2 is 2.03 bits per heavy atom. The molecule has 0 amide bonds. The van der Waals surface area contributed by atoms with Gasteiger partial charge in [-0.2, -0.15) is 5.10 Å². The molecule has 0 fully saturated rings. The highest BCUT2D eigenvalue weighted by Gasteiger charge is 2.07. The molecule has 6 nitrogen and oxygen atoms in total. The van der Waals surface area contributed by atoms with E-state index in [1.807, 2.05) is 29.1 Å². The van der Waals surface area contributed by atoms with Crippen LogP contribution in [0.1, 0.15) is 49.1 Å². The van der Waals surface area contributed by atoms with Crippen molar-refractivity contribution >= 4 is 17.7 Å². The van der Waals surface area contributed by atoms with Gasteiger partial charge in [-0.3, -0.25) is 0 Å². The number of benzene rings is 1. The second-order valence-electron chi connectivity index (χ2n) is 7.25. The first-order chi connectivity index (χ1) is 15.1. The van der Waals surface area contributed by atoms with Gasteiger partial charge in [-0.25, -0.2) is 9.67 Å². The third kappa shape index (κ3) is 6.06. The van der Waals surface area contributed by atoms with Crippen molar-refractivity contribution in [3.63, 3.8) is 0 Å². The van der Waals surface area contributed by atoms with Crippen molar-refractivity contribution in [2.45, 2.75) is 39.7 Å². The largest absolute Gasteiger partial charge is 0.465 e. The van der Waals surface area contributed by atoms with E-state index in [9.17, 15) is 0 Å². The zero-order chi connectivity index (χ0) is 22.1.